The summed E-state index contributed by atoms with van der Waals surface area (Å²) in [5.74, 6) is 1.62. The van der Waals surface area contributed by atoms with E-state index in [0.29, 0.717) is 6.54 Å². The summed E-state index contributed by atoms with van der Waals surface area (Å²) in [6, 6.07) is 7.75. The first-order valence-electron chi connectivity index (χ1n) is 8.94. The van der Waals surface area contributed by atoms with Gasteiger partial charge >= 0.3 is 0 Å². The van der Waals surface area contributed by atoms with Gasteiger partial charge in [0.25, 0.3) is 0 Å². The number of aliphatic imine (C=N–C) groups is 1. The van der Waals surface area contributed by atoms with Crippen LogP contribution in [0.15, 0.2) is 47.8 Å². The molecular formula is C18H26N8. The summed E-state index contributed by atoms with van der Waals surface area (Å²) < 4.78 is 0. The molecule has 1 aliphatic heterocycles. The van der Waals surface area contributed by atoms with Gasteiger partial charge in [0.2, 0.25) is 5.95 Å². The van der Waals surface area contributed by atoms with Gasteiger partial charge in [-0.2, -0.15) is 0 Å². The monoisotopic (exact) mass is 354 g/mol. The molecule has 26 heavy (non-hydrogen) atoms. The van der Waals surface area contributed by atoms with Gasteiger partial charge in [-0.05, 0) is 18.2 Å². The minimum atomic E-state index is 0.663. The Labute approximate surface area is 154 Å². The van der Waals surface area contributed by atoms with Crippen LogP contribution >= 0.6 is 0 Å². The fourth-order valence-corrected chi connectivity index (χ4v) is 2.86. The van der Waals surface area contributed by atoms with Crippen LogP contribution in [0.3, 0.4) is 0 Å². The van der Waals surface area contributed by atoms with Crippen molar-refractivity contribution in [3.63, 3.8) is 0 Å². The van der Waals surface area contributed by atoms with Crippen LogP contribution in [0.2, 0.25) is 0 Å². The Morgan fingerprint density at radius 1 is 1.00 bits per heavy atom. The van der Waals surface area contributed by atoms with E-state index in [0.717, 1.165) is 56.9 Å². The molecule has 138 valence electrons. The van der Waals surface area contributed by atoms with Gasteiger partial charge in [-0.25, -0.2) is 9.97 Å². The molecule has 0 bridgehead atoms. The highest BCUT2D eigenvalue weighted by atomic mass is 15.3. The molecule has 2 N–H and O–H groups in total. The average Bonchev–Trinajstić information content (AvgIpc) is 2.72. The van der Waals surface area contributed by atoms with Crippen LogP contribution in [0.5, 0.6) is 0 Å². The summed E-state index contributed by atoms with van der Waals surface area (Å²) in [5, 5.41) is 6.65. The van der Waals surface area contributed by atoms with E-state index in [-0.39, 0.29) is 0 Å². The highest BCUT2D eigenvalue weighted by molar-refractivity contribution is 5.79. The van der Waals surface area contributed by atoms with Crippen molar-refractivity contribution in [3.8, 4) is 0 Å². The highest BCUT2D eigenvalue weighted by Crippen LogP contribution is 2.08. The van der Waals surface area contributed by atoms with Gasteiger partial charge in [-0.1, -0.05) is 6.07 Å². The number of pyridine rings is 1. The van der Waals surface area contributed by atoms with Crippen molar-refractivity contribution < 1.29 is 0 Å². The molecule has 3 heterocycles. The van der Waals surface area contributed by atoms with Gasteiger partial charge in [-0.15, -0.1) is 0 Å². The number of anilines is 1. The maximum Gasteiger partial charge on any atom is 0.225 e. The summed E-state index contributed by atoms with van der Waals surface area (Å²) >= 11 is 0. The molecule has 0 radical (unpaired) electrons. The lowest BCUT2D eigenvalue weighted by Crippen LogP contribution is -2.49. The second kappa shape index (κ2) is 9.67. The molecule has 3 rings (SSSR count). The molecule has 0 spiro atoms. The summed E-state index contributed by atoms with van der Waals surface area (Å²) in [4.78, 5) is 21.9. The molecule has 1 saturated heterocycles. The summed E-state index contributed by atoms with van der Waals surface area (Å²) in [6.45, 7) is 6.43. The molecule has 1 fully saturated rings. The van der Waals surface area contributed by atoms with Crippen molar-refractivity contribution in [2.45, 2.75) is 6.54 Å². The van der Waals surface area contributed by atoms with E-state index >= 15 is 0 Å². The normalized spacial score (nSPS) is 15.7. The van der Waals surface area contributed by atoms with Crippen molar-refractivity contribution in [1.82, 2.24) is 30.5 Å². The Bertz CT molecular complexity index is 668. The van der Waals surface area contributed by atoms with Gasteiger partial charge in [0.1, 0.15) is 0 Å². The topological polar surface area (TPSA) is 81.6 Å². The maximum atomic E-state index is 4.32. The third-order valence-electron chi connectivity index (χ3n) is 4.31. The molecule has 0 unspecified atom stereocenters. The molecule has 0 atom stereocenters. The predicted octanol–water partition coefficient (Wildman–Crippen LogP) is 0.359. The second-order valence-electron chi connectivity index (χ2n) is 6.05. The smallest absolute Gasteiger partial charge is 0.225 e. The Morgan fingerprint density at radius 3 is 2.46 bits per heavy atom. The van der Waals surface area contributed by atoms with Crippen molar-refractivity contribution in [2.24, 2.45) is 4.99 Å². The number of hydrogen-bond donors (Lipinski definition) is 2. The SMILES string of the molecule is CN=C(NCCN1CCN(c2ncccn2)CC1)NCc1ccccn1. The third-order valence-corrected chi connectivity index (χ3v) is 4.31. The van der Waals surface area contributed by atoms with Crippen LogP contribution in [0.1, 0.15) is 5.69 Å². The molecule has 2 aromatic rings. The van der Waals surface area contributed by atoms with E-state index in [1.807, 2.05) is 24.3 Å². The second-order valence-corrected chi connectivity index (χ2v) is 6.05. The first-order chi connectivity index (χ1) is 12.8. The van der Waals surface area contributed by atoms with E-state index in [1.54, 1.807) is 25.6 Å². The lowest BCUT2D eigenvalue weighted by molar-refractivity contribution is 0.260. The summed E-state index contributed by atoms with van der Waals surface area (Å²) in [5.41, 5.74) is 0.995. The van der Waals surface area contributed by atoms with Gasteiger partial charge < -0.3 is 15.5 Å². The van der Waals surface area contributed by atoms with Crippen molar-refractivity contribution in [2.75, 3.05) is 51.2 Å². The first-order valence-corrected chi connectivity index (χ1v) is 8.94. The summed E-state index contributed by atoms with van der Waals surface area (Å²) in [7, 11) is 1.78. The van der Waals surface area contributed by atoms with Crippen molar-refractivity contribution >= 4 is 11.9 Å². The van der Waals surface area contributed by atoms with Crippen LogP contribution < -0.4 is 15.5 Å². The lowest BCUT2D eigenvalue weighted by Gasteiger charge is -2.34. The molecular weight excluding hydrogens is 328 g/mol. The molecule has 0 saturated carbocycles. The van der Waals surface area contributed by atoms with Gasteiger partial charge in [-0.3, -0.25) is 14.9 Å². The largest absolute Gasteiger partial charge is 0.355 e. The van der Waals surface area contributed by atoms with E-state index in [1.165, 1.54) is 0 Å². The van der Waals surface area contributed by atoms with Crippen LogP contribution in [0.4, 0.5) is 5.95 Å². The molecule has 1 aliphatic rings. The van der Waals surface area contributed by atoms with Crippen LogP contribution in [-0.2, 0) is 6.54 Å². The molecule has 0 aromatic carbocycles. The number of guanidine groups is 1. The Morgan fingerprint density at radius 2 is 1.77 bits per heavy atom. The predicted molar refractivity (Wildman–Crippen MR) is 103 cm³/mol. The standard InChI is InChI=1S/C18H26N8/c1-19-17(24-15-16-5-2-3-6-20-16)21-9-10-25-11-13-26(14-12-25)18-22-7-4-8-23-18/h2-8H,9-15H2,1H3,(H2,19,21,24). The van der Waals surface area contributed by atoms with E-state index < -0.39 is 0 Å². The zero-order valence-electron chi connectivity index (χ0n) is 15.2. The average molecular weight is 354 g/mol. The van der Waals surface area contributed by atoms with Crippen molar-refractivity contribution in [3.05, 3.63) is 48.5 Å². The number of rotatable bonds is 6. The maximum absolute atomic E-state index is 4.32. The van der Waals surface area contributed by atoms with Crippen molar-refractivity contribution in [1.29, 1.82) is 0 Å². The van der Waals surface area contributed by atoms with Gasteiger partial charge in [0.15, 0.2) is 5.96 Å². The molecule has 8 heteroatoms. The fraction of sp³-hybridized carbons (Fsp3) is 0.444. The molecule has 2 aromatic heterocycles. The Kier molecular flexibility index (Phi) is 6.72. The minimum Gasteiger partial charge on any atom is -0.355 e. The van der Waals surface area contributed by atoms with E-state index in [2.05, 4.69) is 40.4 Å². The lowest BCUT2D eigenvalue weighted by atomic mass is 10.3. The zero-order valence-corrected chi connectivity index (χ0v) is 15.2. The molecule has 0 aliphatic carbocycles. The zero-order chi connectivity index (χ0) is 18.0. The first kappa shape index (κ1) is 18.1. The van der Waals surface area contributed by atoms with Crippen LogP contribution in [-0.4, -0.2) is 72.1 Å². The number of piperazine rings is 1. The van der Waals surface area contributed by atoms with Gasteiger partial charge in [0.05, 0.1) is 12.2 Å². The van der Waals surface area contributed by atoms with Crippen LogP contribution in [0.25, 0.3) is 0 Å². The molecule has 0 amide bonds. The fourth-order valence-electron chi connectivity index (χ4n) is 2.86. The molecule has 8 nitrogen and oxygen atoms in total. The summed E-state index contributed by atoms with van der Waals surface area (Å²) in [6.07, 6.45) is 5.39. The van der Waals surface area contributed by atoms with E-state index in [4.69, 9.17) is 0 Å². The number of hydrogen-bond acceptors (Lipinski definition) is 6. The third kappa shape index (κ3) is 5.38. The number of nitrogens with one attached hydrogen (secondary N) is 2. The minimum absolute atomic E-state index is 0.663. The quantitative estimate of drug-likeness (QED) is 0.572. The van der Waals surface area contributed by atoms with E-state index in [9.17, 15) is 0 Å². The number of aromatic nitrogens is 3. The highest BCUT2D eigenvalue weighted by Gasteiger charge is 2.18. The van der Waals surface area contributed by atoms with Crippen LogP contribution in [0, 0.1) is 0 Å². The Balaban J connectivity index is 1.34. The van der Waals surface area contributed by atoms with Gasteiger partial charge in [0, 0.05) is 64.9 Å². The Hall–Kier alpha value is -2.74. The number of nitrogens with zero attached hydrogens (tertiary/aromatic N) is 6.